The average molecular weight is 335 g/mol. The van der Waals surface area contributed by atoms with Crippen LogP contribution in [0.15, 0.2) is 12.1 Å². The highest BCUT2D eigenvalue weighted by molar-refractivity contribution is 5.54. The fourth-order valence-electron chi connectivity index (χ4n) is 4.26. The fourth-order valence-corrected chi connectivity index (χ4v) is 4.26. The van der Waals surface area contributed by atoms with Crippen LogP contribution < -0.4 is 4.74 Å². The second-order valence-electron chi connectivity index (χ2n) is 6.98. The van der Waals surface area contributed by atoms with Crippen LogP contribution >= 0.6 is 0 Å². The Kier molecular flexibility index (Phi) is 5.86. The number of methoxy groups -OCH3 is 1. The van der Waals surface area contributed by atoms with Crippen LogP contribution in [0.25, 0.3) is 0 Å². The fraction of sp³-hybridized carbons (Fsp3) is 0.684. The van der Waals surface area contributed by atoms with Gasteiger partial charge in [0.05, 0.1) is 17.6 Å². The van der Waals surface area contributed by atoms with Crippen molar-refractivity contribution in [1.82, 2.24) is 0 Å². The lowest BCUT2D eigenvalue weighted by molar-refractivity contribution is -0.385. The molecule has 0 amide bonds. The quantitative estimate of drug-likeness (QED) is 0.584. The summed E-state index contributed by atoms with van der Waals surface area (Å²) < 4.78 is 5.25. The van der Waals surface area contributed by atoms with Gasteiger partial charge >= 0.3 is 5.69 Å². The molecule has 1 aliphatic carbocycles. The number of nitro benzene ring substituents is 1. The monoisotopic (exact) mass is 335 g/mol. The van der Waals surface area contributed by atoms with E-state index in [1.165, 1.54) is 7.11 Å². The Labute approximate surface area is 144 Å². The van der Waals surface area contributed by atoms with Crippen molar-refractivity contribution in [2.75, 3.05) is 7.11 Å². The third kappa shape index (κ3) is 3.14. The van der Waals surface area contributed by atoms with Crippen LogP contribution in [0.2, 0.25) is 0 Å². The Hall–Kier alpha value is -1.62. The molecule has 2 atom stereocenters. The Balaban J connectivity index is 2.61. The Morgan fingerprint density at radius 3 is 2.50 bits per heavy atom. The highest BCUT2D eigenvalue weighted by Gasteiger charge is 2.46. The summed E-state index contributed by atoms with van der Waals surface area (Å²) in [5.41, 5.74) is 0.758. The number of nitrogens with zero attached hydrogens (tertiary/aromatic N) is 1. The maximum absolute atomic E-state index is 11.7. The minimum atomic E-state index is -0.942. The second-order valence-corrected chi connectivity index (χ2v) is 6.98. The third-order valence-electron chi connectivity index (χ3n) is 5.53. The Bertz CT molecular complexity index is 595. The summed E-state index contributed by atoms with van der Waals surface area (Å²) in [5, 5.41) is 23.0. The van der Waals surface area contributed by atoms with Gasteiger partial charge in [0.2, 0.25) is 0 Å². The maximum Gasteiger partial charge on any atom is 0.311 e. The molecule has 1 aromatic rings. The van der Waals surface area contributed by atoms with Crippen molar-refractivity contribution in [3.63, 3.8) is 0 Å². The lowest BCUT2D eigenvalue weighted by Gasteiger charge is -2.45. The lowest BCUT2D eigenvalue weighted by atomic mass is 9.64. The van der Waals surface area contributed by atoms with Crippen molar-refractivity contribution < 1.29 is 14.8 Å². The van der Waals surface area contributed by atoms with Crippen molar-refractivity contribution in [2.45, 2.75) is 64.9 Å². The summed E-state index contributed by atoms with van der Waals surface area (Å²) in [6.45, 7) is 6.36. The van der Waals surface area contributed by atoms with E-state index in [4.69, 9.17) is 4.74 Å². The van der Waals surface area contributed by atoms with Gasteiger partial charge in [-0.25, -0.2) is 0 Å². The summed E-state index contributed by atoms with van der Waals surface area (Å²) >= 11 is 0. The van der Waals surface area contributed by atoms with Crippen molar-refractivity contribution in [2.24, 2.45) is 11.8 Å². The summed E-state index contributed by atoms with van der Waals surface area (Å²) in [6, 6.07) is 3.31. The summed E-state index contributed by atoms with van der Waals surface area (Å²) in [6.07, 6.45) is 5.53. The average Bonchev–Trinajstić information content (AvgIpc) is 2.57. The smallest absolute Gasteiger partial charge is 0.311 e. The van der Waals surface area contributed by atoms with Crippen molar-refractivity contribution >= 4 is 5.69 Å². The van der Waals surface area contributed by atoms with E-state index in [2.05, 4.69) is 20.8 Å². The first kappa shape index (κ1) is 18.7. The first-order valence-electron chi connectivity index (χ1n) is 8.98. The van der Waals surface area contributed by atoms with Gasteiger partial charge in [0.1, 0.15) is 0 Å². The molecule has 0 fully saturated rings. The van der Waals surface area contributed by atoms with Crippen LogP contribution in [0.3, 0.4) is 0 Å². The largest absolute Gasteiger partial charge is 0.490 e. The first-order chi connectivity index (χ1) is 11.4. The Morgan fingerprint density at radius 2 is 2.00 bits per heavy atom. The third-order valence-corrected chi connectivity index (χ3v) is 5.53. The standard InChI is InChI=1S/C19H29NO4/c1-5-7-15(8-6-2)19(21)13(3)9-10-14-11-17(20(22)23)18(24-4)12-16(14)19/h11-13,15,21H,5-10H2,1-4H3. The zero-order valence-electron chi connectivity index (χ0n) is 15.2. The number of benzene rings is 1. The summed E-state index contributed by atoms with van der Waals surface area (Å²) in [4.78, 5) is 10.9. The van der Waals surface area contributed by atoms with Crippen LogP contribution in [0.1, 0.15) is 64.0 Å². The normalized spacial score (nSPS) is 23.2. The molecule has 0 saturated heterocycles. The zero-order chi connectivity index (χ0) is 17.9. The first-order valence-corrected chi connectivity index (χ1v) is 8.98. The second kappa shape index (κ2) is 7.51. The molecule has 1 N–H and O–H groups in total. The van der Waals surface area contributed by atoms with Gasteiger partial charge in [-0.2, -0.15) is 0 Å². The maximum atomic E-state index is 11.7. The van der Waals surface area contributed by atoms with Crippen LogP contribution in [0.4, 0.5) is 5.69 Å². The minimum Gasteiger partial charge on any atom is -0.490 e. The molecule has 24 heavy (non-hydrogen) atoms. The van der Waals surface area contributed by atoms with Crippen LogP contribution in [0, 0.1) is 22.0 Å². The highest BCUT2D eigenvalue weighted by atomic mass is 16.6. The van der Waals surface area contributed by atoms with Crippen molar-refractivity contribution in [3.05, 3.63) is 33.4 Å². The molecule has 0 bridgehead atoms. The number of rotatable bonds is 7. The number of hydrogen-bond acceptors (Lipinski definition) is 4. The van der Waals surface area contributed by atoms with Crippen LogP contribution in [-0.2, 0) is 12.0 Å². The number of aryl methyl sites for hydroxylation is 1. The van der Waals surface area contributed by atoms with E-state index >= 15 is 0 Å². The Morgan fingerprint density at radius 1 is 1.38 bits per heavy atom. The van der Waals surface area contributed by atoms with Crippen molar-refractivity contribution in [1.29, 1.82) is 0 Å². The van der Waals surface area contributed by atoms with Crippen LogP contribution in [-0.4, -0.2) is 17.1 Å². The molecule has 2 unspecified atom stereocenters. The van der Waals surface area contributed by atoms with E-state index in [0.29, 0.717) is 0 Å². The topological polar surface area (TPSA) is 72.6 Å². The van der Waals surface area contributed by atoms with E-state index < -0.39 is 10.5 Å². The van der Waals surface area contributed by atoms with E-state index in [0.717, 1.165) is 49.7 Å². The predicted octanol–water partition coefficient (Wildman–Crippen LogP) is 4.59. The van der Waals surface area contributed by atoms with E-state index in [9.17, 15) is 15.2 Å². The van der Waals surface area contributed by atoms with Gasteiger partial charge in [0.25, 0.3) is 0 Å². The molecule has 0 aromatic heterocycles. The van der Waals surface area contributed by atoms with Gasteiger partial charge in [-0.15, -0.1) is 0 Å². The van der Waals surface area contributed by atoms with Gasteiger partial charge in [0, 0.05) is 6.07 Å². The number of hydrogen-bond donors (Lipinski definition) is 1. The molecular formula is C19H29NO4. The molecule has 1 aromatic carbocycles. The summed E-state index contributed by atoms with van der Waals surface area (Å²) in [7, 11) is 1.44. The molecule has 134 valence electrons. The molecule has 2 rings (SSSR count). The number of ether oxygens (including phenoxy) is 1. The molecule has 0 radical (unpaired) electrons. The van der Waals surface area contributed by atoms with E-state index in [1.807, 2.05) is 0 Å². The molecule has 5 heteroatoms. The molecule has 0 spiro atoms. The molecule has 5 nitrogen and oxygen atoms in total. The lowest BCUT2D eigenvalue weighted by Crippen LogP contribution is -2.44. The highest BCUT2D eigenvalue weighted by Crippen LogP contribution is 2.50. The van der Waals surface area contributed by atoms with Crippen LogP contribution in [0.5, 0.6) is 5.75 Å². The number of nitro groups is 1. The van der Waals surface area contributed by atoms with E-state index in [-0.39, 0.29) is 23.3 Å². The minimum absolute atomic E-state index is 0.0179. The van der Waals surface area contributed by atoms with Gasteiger partial charge < -0.3 is 9.84 Å². The molecule has 0 saturated carbocycles. The molecule has 1 aliphatic rings. The van der Waals surface area contributed by atoms with Gasteiger partial charge in [-0.1, -0.05) is 33.6 Å². The van der Waals surface area contributed by atoms with Gasteiger partial charge in [-0.3, -0.25) is 10.1 Å². The van der Waals surface area contributed by atoms with Crippen molar-refractivity contribution in [3.8, 4) is 5.75 Å². The molecular weight excluding hydrogens is 306 g/mol. The summed E-state index contributed by atoms with van der Waals surface area (Å²) in [5.74, 6) is 0.519. The zero-order valence-corrected chi connectivity index (χ0v) is 15.2. The number of aliphatic hydroxyl groups is 1. The van der Waals surface area contributed by atoms with E-state index in [1.54, 1.807) is 12.1 Å². The number of fused-ring (bicyclic) bond motifs is 1. The van der Waals surface area contributed by atoms with Gasteiger partial charge in [-0.05, 0) is 54.7 Å². The van der Waals surface area contributed by atoms with Gasteiger partial charge in [0.15, 0.2) is 5.75 Å². The SMILES string of the molecule is CCCC(CCC)C1(O)c2cc(OC)c([N+](=O)[O-])cc2CCC1C. The predicted molar refractivity (Wildman–Crippen MR) is 94.3 cm³/mol. The molecule has 0 heterocycles. The molecule has 0 aliphatic heterocycles.